The van der Waals surface area contributed by atoms with Crippen molar-refractivity contribution in [2.75, 3.05) is 18.4 Å². The number of carbonyl (C=O) groups excluding carboxylic acids is 1. The van der Waals surface area contributed by atoms with Crippen LogP contribution in [0.15, 0.2) is 12.1 Å². The number of alkyl halides is 3. The highest BCUT2D eigenvalue weighted by Gasteiger charge is 2.27. The molecule has 0 bridgehead atoms. The van der Waals surface area contributed by atoms with E-state index in [4.69, 9.17) is 5.11 Å². The van der Waals surface area contributed by atoms with Crippen LogP contribution in [0, 0.1) is 12.7 Å². The molecule has 1 aromatic carbocycles. The van der Waals surface area contributed by atoms with E-state index in [0.717, 1.165) is 6.07 Å². The number of amides is 1. The van der Waals surface area contributed by atoms with Crippen molar-refractivity contribution in [3.63, 3.8) is 0 Å². The van der Waals surface area contributed by atoms with E-state index >= 15 is 0 Å². The molecule has 0 spiro atoms. The summed E-state index contributed by atoms with van der Waals surface area (Å²) in [7, 11) is 0. The van der Waals surface area contributed by atoms with Gasteiger partial charge in [0.25, 0.3) is 5.91 Å². The van der Waals surface area contributed by atoms with Crippen molar-refractivity contribution in [2.24, 2.45) is 0 Å². The Morgan fingerprint density at radius 3 is 2.38 bits per heavy atom. The fraction of sp³-hybridized carbons (Fsp3) is 0.333. The molecule has 0 aromatic heterocycles. The van der Waals surface area contributed by atoms with Crippen LogP contribution in [-0.4, -0.2) is 36.2 Å². The molecule has 5 nitrogen and oxygen atoms in total. The molecule has 0 aliphatic rings. The third-order valence-electron chi connectivity index (χ3n) is 2.41. The fourth-order valence-corrected chi connectivity index (χ4v) is 1.58. The molecule has 3 N–H and O–H groups in total. The van der Waals surface area contributed by atoms with Gasteiger partial charge in [-0.25, -0.2) is 4.39 Å². The predicted octanol–water partition coefficient (Wildman–Crippen LogP) is 1.92. The summed E-state index contributed by atoms with van der Waals surface area (Å²) < 4.78 is 49.9. The minimum atomic E-state index is -4.46. The molecule has 1 aromatic rings. The molecule has 0 atom stereocenters. The summed E-state index contributed by atoms with van der Waals surface area (Å²) in [5, 5.41) is 12.4. The smallest absolute Gasteiger partial charge is 0.405 e. The minimum absolute atomic E-state index is 0.0857. The average Bonchev–Trinajstić information content (AvgIpc) is 2.32. The molecule has 0 unspecified atom stereocenters. The van der Waals surface area contributed by atoms with E-state index in [1.165, 1.54) is 13.0 Å². The number of aryl methyl sites for hydroxylation is 1. The fourth-order valence-electron chi connectivity index (χ4n) is 1.58. The van der Waals surface area contributed by atoms with Crippen LogP contribution in [0.5, 0.6) is 0 Å². The first-order valence-corrected chi connectivity index (χ1v) is 5.71. The van der Waals surface area contributed by atoms with Crippen LogP contribution >= 0.6 is 0 Å². The number of rotatable bonds is 5. The summed E-state index contributed by atoms with van der Waals surface area (Å²) in [6.45, 7) is -0.695. The number of aliphatic carboxylic acids is 1. The van der Waals surface area contributed by atoms with Gasteiger partial charge in [-0.2, -0.15) is 13.2 Å². The number of carboxylic acid groups (broad SMARTS) is 1. The molecule has 0 saturated carbocycles. The maximum absolute atomic E-state index is 13.8. The third kappa shape index (κ3) is 5.28. The van der Waals surface area contributed by atoms with E-state index in [-0.39, 0.29) is 11.3 Å². The standard InChI is InChI=1S/C12H12F4N2O3/c1-6-2-7(18-5-12(14,15)16)3-8(13)10(6)11(21)17-4-9(19)20/h2-3,18H,4-5H2,1H3,(H,17,21)(H,19,20). The topological polar surface area (TPSA) is 78.4 Å². The van der Waals surface area contributed by atoms with Gasteiger partial charge in [0.1, 0.15) is 18.9 Å². The number of benzene rings is 1. The zero-order valence-corrected chi connectivity index (χ0v) is 10.8. The first kappa shape index (κ1) is 16.7. The molecule has 21 heavy (non-hydrogen) atoms. The number of hydrogen-bond donors (Lipinski definition) is 3. The molecule has 0 aliphatic carbocycles. The predicted molar refractivity (Wildman–Crippen MR) is 65.7 cm³/mol. The van der Waals surface area contributed by atoms with E-state index in [2.05, 4.69) is 0 Å². The van der Waals surface area contributed by atoms with Crippen LogP contribution < -0.4 is 10.6 Å². The second-order valence-electron chi connectivity index (χ2n) is 4.20. The van der Waals surface area contributed by atoms with Gasteiger partial charge in [-0.1, -0.05) is 0 Å². The molecule has 1 amide bonds. The largest absolute Gasteiger partial charge is 0.480 e. The molecule has 0 saturated heterocycles. The van der Waals surface area contributed by atoms with Crippen molar-refractivity contribution in [3.05, 3.63) is 29.1 Å². The zero-order valence-electron chi connectivity index (χ0n) is 10.8. The monoisotopic (exact) mass is 308 g/mol. The number of carboxylic acids is 1. The molecule has 0 aliphatic heterocycles. The molecule has 116 valence electrons. The molecule has 0 fully saturated rings. The van der Waals surface area contributed by atoms with E-state index in [1.807, 2.05) is 10.6 Å². The first-order valence-electron chi connectivity index (χ1n) is 5.71. The van der Waals surface area contributed by atoms with E-state index in [1.54, 1.807) is 0 Å². The van der Waals surface area contributed by atoms with Crippen molar-refractivity contribution in [3.8, 4) is 0 Å². The van der Waals surface area contributed by atoms with Gasteiger partial charge < -0.3 is 15.7 Å². The van der Waals surface area contributed by atoms with E-state index < -0.39 is 42.5 Å². The van der Waals surface area contributed by atoms with Crippen LogP contribution in [0.4, 0.5) is 23.2 Å². The second-order valence-corrected chi connectivity index (χ2v) is 4.20. The Balaban J connectivity index is 2.89. The van der Waals surface area contributed by atoms with Crippen LogP contribution in [0.2, 0.25) is 0 Å². The molecule has 0 radical (unpaired) electrons. The normalized spacial score (nSPS) is 11.1. The van der Waals surface area contributed by atoms with Crippen molar-refractivity contribution in [1.29, 1.82) is 0 Å². The third-order valence-corrected chi connectivity index (χ3v) is 2.41. The van der Waals surface area contributed by atoms with Crippen molar-refractivity contribution in [1.82, 2.24) is 5.32 Å². The van der Waals surface area contributed by atoms with Crippen molar-refractivity contribution < 1.29 is 32.3 Å². The Labute approximate surface area is 117 Å². The van der Waals surface area contributed by atoms with Crippen LogP contribution in [-0.2, 0) is 4.79 Å². The highest BCUT2D eigenvalue weighted by Crippen LogP contribution is 2.21. The number of anilines is 1. The highest BCUT2D eigenvalue weighted by molar-refractivity contribution is 5.97. The second kappa shape index (κ2) is 6.42. The number of carbonyl (C=O) groups is 2. The number of hydrogen-bond acceptors (Lipinski definition) is 3. The lowest BCUT2D eigenvalue weighted by molar-refractivity contribution is -0.135. The molecular weight excluding hydrogens is 296 g/mol. The Morgan fingerprint density at radius 1 is 1.29 bits per heavy atom. The molecule has 1 rings (SSSR count). The quantitative estimate of drug-likeness (QED) is 0.726. The summed E-state index contributed by atoms with van der Waals surface area (Å²) in [5.41, 5.74) is -0.450. The summed E-state index contributed by atoms with van der Waals surface area (Å²) in [6, 6.07) is 1.92. The Bertz CT molecular complexity index is 535. The van der Waals surface area contributed by atoms with Gasteiger partial charge in [0.05, 0.1) is 5.56 Å². The van der Waals surface area contributed by atoms with Gasteiger partial charge in [0.2, 0.25) is 0 Å². The number of nitrogens with one attached hydrogen (secondary N) is 2. The summed E-state index contributed by atoms with van der Waals surface area (Å²) in [5.74, 6) is -3.29. The molecular formula is C12H12F4N2O3. The van der Waals surface area contributed by atoms with Crippen molar-refractivity contribution >= 4 is 17.6 Å². The Kier molecular flexibility index (Phi) is 5.12. The van der Waals surface area contributed by atoms with Gasteiger partial charge in [0, 0.05) is 5.69 Å². The van der Waals surface area contributed by atoms with E-state index in [0.29, 0.717) is 0 Å². The summed E-state index contributed by atoms with van der Waals surface area (Å²) in [4.78, 5) is 21.9. The molecule has 9 heteroatoms. The number of halogens is 4. The van der Waals surface area contributed by atoms with Gasteiger partial charge >= 0.3 is 12.1 Å². The minimum Gasteiger partial charge on any atom is -0.480 e. The lowest BCUT2D eigenvalue weighted by atomic mass is 10.1. The average molecular weight is 308 g/mol. The lowest BCUT2D eigenvalue weighted by Crippen LogP contribution is -2.30. The van der Waals surface area contributed by atoms with Crippen molar-refractivity contribution in [2.45, 2.75) is 13.1 Å². The highest BCUT2D eigenvalue weighted by atomic mass is 19.4. The first-order chi connectivity index (χ1) is 9.60. The summed E-state index contributed by atoms with van der Waals surface area (Å²) >= 11 is 0. The molecule has 0 heterocycles. The Hall–Kier alpha value is -2.32. The van der Waals surface area contributed by atoms with Crippen LogP contribution in [0.25, 0.3) is 0 Å². The van der Waals surface area contributed by atoms with Gasteiger partial charge in [0.15, 0.2) is 0 Å². The van der Waals surface area contributed by atoms with Gasteiger partial charge in [-0.15, -0.1) is 0 Å². The van der Waals surface area contributed by atoms with Crippen LogP contribution in [0.1, 0.15) is 15.9 Å². The SMILES string of the molecule is Cc1cc(NCC(F)(F)F)cc(F)c1C(=O)NCC(=O)O. The summed E-state index contributed by atoms with van der Waals surface area (Å²) in [6.07, 6.45) is -4.46. The maximum atomic E-state index is 13.8. The maximum Gasteiger partial charge on any atom is 0.405 e. The Morgan fingerprint density at radius 2 is 1.90 bits per heavy atom. The zero-order chi connectivity index (χ0) is 16.2. The van der Waals surface area contributed by atoms with E-state index in [9.17, 15) is 27.2 Å². The van der Waals surface area contributed by atoms with Crippen LogP contribution in [0.3, 0.4) is 0 Å². The van der Waals surface area contributed by atoms with Gasteiger partial charge in [-0.05, 0) is 24.6 Å². The lowest BCUT2D eigenvalue weighted by Gasteiger charge is -2.13. The van der Waals surface area contributed by atoms with Gasteiger partial charge in [-0.3, -0.25) is 9.59 Å².